The molecule has 0 aliphatic carbocycles. The Kier molecular flexibility index (Phi) is 4.03. The number of hydrogen-bond acceptors (Lipinski definition) is 3. The van der Waals surface area contributed by atoms with Crippen LogP contribution in [0.5, 0.6) is 5.75 Å². The molecule has 0 aromatic heterocycles. The van der Waals surface area contributed by atoms with Gasteiger partial charge in [-0.05, 0) is 12.1 Å². The highest BCUT2D eigenvalue weighted by atomic mass is 19.1. The number of carboxylic acid groups (broad SMARTS) is 1. The van der Waals surface area contributed by atoms with Crippen LogP contribution in [0.4, 0.5) is 4.39 Å². The van der Waals surface area contributed by atoms with Crippen molar-refractivity contribution in [3.8, 4) is 5.75 Å². The molecule has 0 bridgehead atoms. The quantitative estimate of drug-likeness (QED) is 0.853. The highest BCUT2D eigenvalue weighted by Crippen LogP contribution is 2.16. The predicted molar refractivity (Wildman–Crippen MR) is 57.5 cm³/mol. The van der Waals surface area contributed by atoms with Gasteiger partial charge in [-0.2, -0.15) is 0 Å². The van der Waals surface area contributed by atoms with Crippen LogP contribution in [0.25, 0.3) is 0 Å². The van der Waals surface area contributed by atoms with E-state index in [4.69, 9.17) is 9.84 Å². The second kappa shape index (κ2) is 5.29. The molecule has 0 radical (unpaired) electrons. The number of benzene rings is 1. The van der Waals surface area contributed by atoms with Crippen molar-refractivity contribution in [2.45, 2.75) is 0 Å². The lowest BCUT2D eigenvalue weighted by Crippen LogP contribution is -2.27. The monoisotopic (exact) mass is 241 g/mol. The van der Waals surface area contributed by atoms with Crippen LogP contribution in [-0.4, -0.2) is 42.6 Å². The third-order valence-electron chi connectivity index (χ3n) is 2.03. The van der Waals surface area contributed by atoms with Crippen LogP contribution in [0, 0.1) is 5.82 Å². The molecule has 0 unspecified atom stereocenters. The molecule has 0 saturated carbocycles. The topological polar surface area (TPSA) is 66.8 Å². The van der Waals surface area contributed by atoms with E-state index in [1.165, 1.54) is 11.0 Å². The second-order valence-corrected chi connectivity index (χ2v) is 3.52. The molecule has 1 amide bonds. The van der Waals surface area contributed by atoms with Gasteiger partial charge in [0.15, 0.2) is 6.61 Å². The van der Waals surface area contributed by atoms with Crippen LogP contribution in [0.15, 0.2) is 18.2 Å². The number of aromatic carboxylic acids is 1. The van der Waals surface area contributed by atoms with Gasteiger partial charge in [-0.25, -0.2) is 9.18 Å². The van der Waals surface area contributed by atoms with Gasteiger partial charge in [-0.15, -0.1) is 0 Å². The number of rotatable bonds is 4. The molecule has 0 heterocycles. The Morgan fingerprint density at radius 2 is 2.06 bits per heavy atom. The Balaban J connectivity index is 2.71. The van der Waals surface area contributed by atoms with Gasteiger partial charge in [0.2, 0.25) is 0 Å². The van der Waals surface area contributed by atoms with Crippen molar-refractivity contribution < 1.29 is 23.8 Å². The molecule has 5 nitrogen and oxygen atoms in total. The van der Waals surface area contributed by atoms with Gasteiger partial charge in [0.05, 0.1) is 5.56 Å². The SMILES string of the molecule is CN(C)C(=O)COc1ccc(C(=O)O)c(F)c1. The molecule has 1 aromatic rings. The van der Waals surface area contributed by atoms with Crippen molar-refractivity contribution in [1.29, 1.82) is 0 Å². The van der Waals surface area contributed by atoms with Crippen molar-refractivity contribution in [3.05, 3.63) is 29.6 Å². The summed E-state index contributed by atoms with van der Waals surface area (Å²) in [5.74, 6) is -2.40. The molecule has 0 aliphatic rings. The van der Waals surface area contributed by atoms with E-state index in [1.807, 2.05) is 0 Å². The second-order valence-electron chi connectivity index (χ2n) is 3.52. The van der Waals surface area contributed by atoms with E-state index in [0.29, 0.717) is 0 Å². The summed E-state index contributed by atoms with van der Waals surface area (Å²) in [6.45, 7) is -0.223. The Morgan fingerprint density at radius 1 is 1.41 bits per heavy atom. The van der Waals surface area contributed by atoms with E-state index in [2.05, 4.69) is 0 Å². The van der Waals surface area contributed by atoms with E-state index < -0.39 is 17.3 Å². The third kappa shape index (κ3) is 3.44. The van der Waals surface area contributed by atoms with Crippen molar-refractivity contribution in [2.75, 3.05) is 20.7 Å². The smallest absolute Gasteiger partial charge is 0.338 e. The summed E-state index contributed by atoms with van der Waals surface area (Å²) in [4.78, 5) is 23.1. The number of carbonyl (C=O) groups is 2. The minimum atomic E-state index is -1.35. The number of nitrogens with zero attached hydrogens (tertiary/aromatic N) is 1. The van der Waals surface area contributed by atoms with Crippen LogP contribution in [0.1, 0.15) is 10.4 Å². The molecule has 0 aliphatic heterocycles. The maximum absolute atomic E-state index is 13.2. The first-order valence-electron chi connectivity index (χ1n) is 4.77. The highest BCUT2D eigenvalue weighted by molar-refractivity contribution is 5.88. The summed E-state index contributed by atoms with van der Waals surface area (Å²) in [5, 5.41) is 8.61. The van der Waals surface area contributed by atoms with E-state index in [-0.39, 0.29) is 18.3 Å². The molecule has 0 spiro atoms. The maximum Gasteiger partial charge on any atom is 0.338 e. The van der Waals surface area contributed by atoms with Gasteiger partial charge < -0.3 is 14.7 Å². The van der Waals surface area contributed by atoms with E-state index in [1.54, 1.807) is 14.1 Å². The molecule has 0 atom stereocenters. The average molecular weight is 241 g/mol. The van der Waals surface area contributed by atoms with Gasteiger partial charge in [-0.3, -0.25) is 4.79 Å². The van der Waals surface area contributed by atoms with Crippen LogP contribution >= 0.6 is 0 Å². The molecule has 1 aromatic carbocycles. The third-order valence-corrected chi connectivity index (χ3v) is 2.03. The summed E-state index contributed by atoms with van der Waals surface area (Å²) < 4.78 is 18.2. The lowest BCUT2D eigenvalue weighted by Gasteiger charge is -2.11. The summed E-state index contributed by atoms with van der Waals surface area (Å²) in [7, 11) is 3.14. The maximum atomic E-state index is 13.2. The Morgan fingerprint density at radius 3 is 2.53 bits per heavy atom. The van der Waals surface area contributed by atoms with Gasteiger partial charge in [-0.1, -0.05) is 0 Å². The van der Waals surface area contributed by atoms with Crippen LogP contribution in [0.2, 0.25) is 0 Å². The predicted octanol–water partition coefficient (Wildman–Crippen LogP) is 0.991. The van der Waals surface area contributed by atoms with Crippen LogP contribution < -0.4 is 4.74 Å². The summed E-state index contributed by atoms with van der Waals surface area (Å²) in [6.07, 6.45) is 0. The number of carboxylic acids is 1. The fraction of sp³-hybridized carbons (Fsp3) is 0.273. The van der Waals surface area contributed by atoms with Gasteiger partial charge in [0, 0.05) is 20.2 Å². The van der Waals surface area contributed by atoms with E-state index in [0.717, 1.165) is 12.1 Å². The molecular formula is C11H12FNO4. The first kappa shape index (κ1) is 13.0. The highest BCUT2D eigenvalue weighted by Gasteiger charge is 2.11. The van der Waals surface area contributed by atoms with Gasteiger partial charge in [0.1, 0.15) is 11.6 Å². The zero-order valence-corrected chi connectivity index (χ0v) is 9.44. The molecule has 17 heavy (non-hydrogen) atoms. The molecule has 0 fully saturated rings. The largest absolute Gasteiger partial charge is 0.484 e. The number of ether oxygens (including phenoxy) is 1. The average Bonchev–Trinajstić information content (AvgIpc) is 2.25. The van der Waals surface area contributed by atoms with Crippen LogP contribution in [-0.2, 0) is 4.79 Å². The molecule has 1 rings (SSSR count). The zero-order chi connectivity index (χ0) is 13.0. The van der Waals surface area contributed by atoms with E-state index in [9.17, 15) is 14.0 Å². The van der Waals surface area contributed by atoms with Gasteiger partial charge in [0.25, 0.3) is 5.91 Å². The summed E-state index contributed by atoms with van der Waals surface area (Å²) >= 11 is 0. The first-order valence-corrected chi connectivity index (χ1v) is 4.77. The van der Waals surface area contributed by atoms with Gasteiger partial charge >= 0.3 is 5.97 Å². The molecule has 0 saturated heterocycles. The van der Waals surface area contributed by atoms with Crippen molar-refractivity contribution in [3.63, 3.8) is 0 Å². The summed E-state index contributed by atoms with van der Waals surface area (Å²) in [6, 6.07) is 3.33. The van der Waals surface area contributed by atoms with E-state index >= 15 is 0 Å². The summed E-state index contributed by atoms with van der Waals surface area (Å²) in [5.41, 5.74) is -0.434. The molecular weight excluding hydrogens is 229 g/mol. The first-order chi connectivity index (χ1) is 7.91. The fourth-order valence-corrected chi connectivity index (χ4v) is 1.03. The van der Waals surface area contributed by atoms with Crippen LogP contribution in [0.3, 0.4) is 0 Å². The minimum absolute atomic E-state index is 0.114. The zero-order valence-electron chi connectivity index (χ0n) is 9.44. The standard InChI is InChI=1S/C11H12FNO4/c1-13(2)10(14)6-17-7-3-4-8(11(15)16)9(12)5-7/h3-5H,6H2,1-2H3,(H,15,16). The number of likely N-dealkylation sites (N-methyl/N-ethyl adjacent to an activating group) is 1. The Bertz CT molecular complexity index is 445. The molecule has 1 N–H and O–H groups in total. The number of amides is 1. The minimum Gasteiger partial charge on any atom is -0.484 e. The molecule has 6 heteroatoms. The lowest BCUT2D eigenvalue weighted by molar-refractivity contribution is -0.130. The number of halogens is 1. The number of carbonyl (C=O) groups excluding carboxylic acids is 1. The van der Waals surface area contributed by atoms with Crippen molar-refractivity contribution in [2.24, 2.45) is 0 Å². The molecule has 92 valence electrons. The Hall–Kier alpha value is -2.11. The Labute approximate surface area is 97.4 Å². The van der Waals surface area contributed by atoms with Crippen molar-refractivity contribution >= 4 is 11.9 Å². The fourth-order valence-electron chi connectivity index (χ4n) is 1.03. The normalized spacial score (nSPS) is 9.82. The van der Waals surface area contributed by atoms with Crippen molar-refractivity contribution in [1.82, 2.24) is 4.90 Å². The number of hydrogen-bond donors (Lipinski definition) is 1. The lowest BCUT2D eigenvalue weighted by atomic mass is 10.2.